The van der Waals surface area contributed by atoms with Crippen LogP contribution in [0.2, 0.25) is 0 Å². The van der Waals surface area contributed by atoms with Crippen molar-refractivity contribution in [1.29, 1.82) is 0 Å². The topological polar surface area (TPSA) is 119 Å². The standard InChI is InChI=1S/C12H19N5O4S/c1-4-21-7-17-11-9(6-14-17)10(13-5-8(2)18)15-12(16-11)22(3,19)20/h6,8,18H,4-5,7H2,1-3H3,(H,13,15,16)/t8-/m0/s1. The summed E-state index contributed by atoms with van der Waals surface area (Å²) < 4.78 is 30.2. The van der Waals surface area contributed by atoms with Crippen LogP contribution < -0.4 is 5.32 Å². The number of ether oxygens (including phenoxy) is 1. The second-order valence-corrected chi connectivity index (χ2v) is 6.77. The summed E-state index contributed by atoms with van der Waals surface area (Å²) >= 11 is 0. The lowest BCUT2D eigenvalue weighted by Gasteiger charge is -2.10. The van der Waals surface area contributed by atoms with Crippen molar-refractivity contribution < 1.29 is 18.3 Å². The fourth-order valence-corrected chi connectivity index (χ4v) is 2.26. The molecular formula is C12H19N5O4S. The average Bonchev–Trinajstić information content (AvgIpc) is 2.84. The van der Waals surface area contributed by atoms with Gasteiger partial charge in [-0.05, 0) is 13.8 Å². The van der Waals surface area contributed by atoms with E-state index in [2.05, 4.69) is 20.4 Å². The number of nitrogens with zero attached hydrogens (tertiary/aromatic N) is 4. The van der Waals surface area contributed by atoms with Gasteiger partial charge in [-0.1, -0.05) is 0 Å². The third kappa shape index (κ3) is 3.70. The van der Waals surface area contributed by atoms with Crippen molar-refractivity contribution in [3.63, 3.8) is 0 Å². The maximum Gasteiger partial charge on any atom is 0.250 e. The second-order valence-electron chi connectivity index (χ2n) is 4.86. The third-order valence-corrected chi connectivity index (χ3v) is 3.64. The highest BCUT2D eigenvalue weighted by Gasteiger charge is 2.18. The minimum atomic E-state index is -3.58. The fraction of sp³-hybridized carbons (Fsp3) is 0.583. The fourth-order valence-electron chi connectivity index (χ4n) is 1.75. The molecule has 0 aromatic carbocycles. The molecule has 0 fully saturated rings. The van der Waals surface area contributed by atoms with Crippen LogP contribution >= 0.6 is 0 Å². The molecule has 9 nitrogen and oxygen atoms in total. The van der Waals surface area contributed by atoms with Crippen molar-refractivity contribution in [2.45, 2.75) is 31.8 Å². The minimum absolute atomic E-state index is 0.163. The Morgan fingerprint density at radius 3 is 2.77 bits per heavy atom. The number of rotatable bonds is 7. The van der Waals surface area contributed by atoms with Gasteiger partial charge in [0.05, 0.1) is 17.7 Å². The summed E-state index contributed by atoms with van der Waals surface area (Å²) in [6.45, 7) is 4.35. The molecule has 0 spiro atoms. The van der Waals surface area contributed by atoms with Crippen LogP contribution in [0.25, 0.3) is 11.0 Å². The van der Waals surface area contributed by atoms with E-state index < -0.39 is 15.9 Å². The summed E-state index contributed by atoms with van der Waals surface area (Å²) in [5.74, 6) is 0.314. The van der Waals surface area contributed by atoms with Gasteiger partial charge in [-0.15, -0.1) is 0 Å². The smallest absolute Gasteiger partial charge is 0.250 e. The molecule has 0 aliphatic rings. The predicted molar refractivity (Wildman–Crippen MR) is 80.2 cm³/mol. The molecule has 2 N–H and O–H groups in total. The van der Waals surface area contributed by atoms with Gasteiger partial charge in [0.15, 0.2) is 5.65 Å². The molecule has 0 saturated heterocycles. The Balaban J connectivity index is 2.54. The number of aliphatic hydroxyl groups excluding tert-OH is 1. The highest BCUT2D eigenvalue weighted by molar-refractivity contribution is 7.90. The van der Waals surface area contributed by atoms with Crippen molar-refractivity contribution >= 4 is 26.7 Å². The monoisotopic (exact) mass is 329 g/mol. The van der Waals surface area contributed by atoms with Crippen LogP contribution in [0.1, 0.15) is 13.8 Å². The Morgan fingerprint density at radius 2 is 2.18 bits per heavy atom. The first-order valence-corrected chi connectivity index (χ1v) is 8.65. The summed E-state index contributed by atoms with van der Waals surface area (Å²) in [4.78, 5) is 8.09. The second kappa shape index (κ2) is 6.55. The number of fused-ring (bicyclic) bond motifs is 1. The molecule has 0 saturated carbocycles. The summed E-state index contributed by atoms with van der Waals surface area (Å²) in [5.41, 5.74) is 0.358. The van der Waals surface area contributed by atoms with Crippen LogP contribution in [0.3, 0.4) is 0 Å². The van der Waals surface area contributed by atoms with Crippen molar-refractivity contribution in [2.24, 2.45) is 0 Å². The molecule has 0 radical (unpaired) electrons. The Hall–Kier alpha value is -1.78. The first-order valence-electron chi connectivity index (χ1n) is 6.76. The molecule has 0 aliphatic heterocycles. The van der Waals surface area contributed by atoms with E-state index in [-0.39, 0.29) is 18.4 Å². The van der Waals surface area contributed by atoms with Crippen LogP contribution in [0, 0.1) is 0 Å². The number of sulfone groups is 1. The van der Waals surface area contributed by atoms with Crippen molar-refractivity contribution in [2.75, 3.05) is 24.7 Å². The lowest BCUT2D eigenvalue weighted by molar-refractivity contribution is 0.0818. The Kier molecular flexibility index (Phi) is 4.94. The van der Waals surface area contributed by atoms with E-state index in [4.69, 9.17) is 4.74 Å². The van der Waals surface area contributed by atoms with E-state index in [0.29, 0.717) is 23.5 Å². The molecule has 1 atom stereocenters. The molecule has 122 valence electrons. The van der Waals surface area contributed by atoms with Gasteiger partial charge in [0.1, 0.15) is 12.5 Å². The minimum Gasteiger partial charge on any atom is -0.392 e. The maximum absolute atomic E-state index is 11.8. The van der Waals surface area contributed by atoms with Crippen molar-refractivity contribution in [3.8, 4) is 0 Å². The largest absolute Gasteiger partial charge is 0.392 e. The van der Waals surface area contributed by atoms with Crippen LogP contribution in [0.15, 0.2) is 11.4 Å². The zero-order valence-electron chi connectivity index (χ0n) is 12.6. The maximum atomic E-state index is 11.8. The molecular weight excluding hydrogens is 310 g/mol. The zero-order chi connectivity index (χ0) is 16.3. The highest BCUT2D eigenvalue weighted by Crippen LogP contribution is 2.22. The van der Waals surface area contributed by atoms with Crippen molar-refractivity contribution in [1.82, 2.24) is 19.7 Å². The van der Waals surface area contributed by atoms with Crippen LogP contribution in [-0.4, -0.2) is 58.8 Å². The van der Waals surface area contributed by atoms with E-state index in [1.165, 1.54) is 10.9 Å². The Labute approximate surface area is 128 Å². The van der Waals surface area contributed by atoms with Crippen molar-refractivity contribution in [3.05, 3.63) is 6.20 Å². The molecule has 2 aromatic rings. The molecule has 0 amide bonds. The molecule has 0 aliphatic carbocycles. The predicted octanol–water partition coefficient (Wildman–Crippen LogP) is 0.0165. The van der Waals surface area contributed by atoms with E-state index in [1.807, 2.05) is 6.92 Å². The van der Waals surface area contributed by atoms with Crippen LogP contribution in [0.5, 0.6) is 0 Å². The average molecular weight is 329 g/mol. The third-order valence-electron chi connectivity index (χ3n) is 2.79. The van der Waals surface area contributed by atoms with E-state index in [0.717, 1.165) is 6.26 Å². The number of hydrogen-bond donors (Lipinski definition) is 2. The van der Waals surface area contributed by atoms with E-state index in [1.54, 1.807) is 6.92 Å². The number of nitrogens with one attached hydrogen (secondary N) is 1. The molecule has 0 bridgehead atoms. The van der Waals surface area contributed by atoms with Gasteiger partial charge in [0, 0.05) is 19.4 Å². The number of anilines is 1. The van der Waals surface area contributed by atoms with Gasteiger partial charge in [0.2, 0.25) is 9.84 Å². The Morgan fingerprint density at radius 1 is 1.45 bits per heavy atom. The van der Waals surface area contributed by atoms with E-state index >= 15 is 0 Å². The number of hydrogen-bond acceptors (Lipinski definition) is 8. The summed E-state index contributed by atoms with van der Waals surface area (Å²) in [6.07, 6.45) is 1.96. The molecule has 2 rings (SSSR count). The Bertz CT molecular complexity index is 756. The number of aliphatic hydroxyl groups is 1. The van der Waals surface area contributed by atoms with Gasteiger partial charge < -0.3 is 15.2 Å². The first kappa shape index (κ1) is 16.6. The molecule has 2 heterocycles. The number of aromatic nitrogens is 4. The summed E-state index contributed by atoms with van der Waals surface area (Å²) in [6, 6.07) is 0. The normalized spacial score (nSPS) is 13.5. The summed E-state index contributed by atoms with van der Waals surface area (Å²) in [5, 5.41) is 16.7. The molecule has 10 heteroatoms. The SMILES string of the molecule is CCOCn1ncc2c(NC[C@H](C)O)nc(S(C)(=O)=O)nc21. The zero-order valence-corrected chi connectivity index (χ0v) is 13.5. The lowest BCUT2D eigenvalue weighted by Crippen LogP contribution is -2.17. The van der Waals surface area contributed by atoms with Gasteiger partial charge in [-0.25, -0.2) is 18.1 Å². The van der Waals surface area contributed by atoms with Gasteiger partial charge in [-0.2, -0.15) is 10.1 Å². The quantitative estimate of drug-likeness (QED) is 0.682. The van der Waals surface area contributed by atoms with Gasteiger partial charge >= 0.3 is 0 Å². The first-order chi connectivity index (χ1) is 10.3. The lowest BCUT2D eigenvalue weighted by atomic mass is 10.3. The molecule has 22 heavy (non-hydrogen) atoms. The van der Waals surface area contributed by atoms with Crippen LogP contribution in [-0.2, 0) is 21.3 Å². The van der Waals surface area contributed by atoms with Crippen LogP contribution in [0.4, 0.5) is 5.82 Å². The molecule has 2 aromatic heterocycles. The molecule has 0 unspecified atom stereocenters. The highest BCUT2D eigenvalue weighted by atomic mass is 32.2. The van der Waals surface area contributed by atoms with Gasteiger partial charge in [0.25, 0.3) is 5.16 Å². The summed E-state index contributed by atoms with van der Waals surface area (Å²) in [7, 11) is -3.58. The van der Waals surface area contributed by atoms with Gasteiger partial charge in [-0.3, -0.25) is 0 Å². The van der Waals surface area contributed by atoms with E-state index in [9.17, 15) is 13.5 Å².